The van der Waals surface area contributed by atoms with E-state index in [9.17, 15) is 4.79 Å². The van der Waals surface area contributed by atoms with E-state index < -0.39 is 0 Å². The van der Waals surface area contributed by atoms with Gasteiger partial charge in [0, 0.05) is 30.8 Å². The topological polar surface area (TPSA) is 57.8 Å². The number of carbonyl (C=O) groups is 1. The second-order valence-corrected chi connectivity index (χ2v) is 7.04. The van der Waals surface area contributed by atoms with E-state index in [2.05, 4.69) is 36.1 Å². The van der Waals surface area contributed by atoms with E-state index in [0.29, 0.717) is 12.5 Å². The van der Waals surface area contributed by atoms with E-state index in [-0.39, 0.29) is 11.3 Å². The van der Waals surface area contributed by atoms with E-state index in [1.807, 2.05) is 30.7 Å². The van der Waals surface area contributed by atoms with Crippen LogP contribution in [0.5, 0.6) is 0 Å². The summed E-state index contributed by atoms with van der Waals surface area (Å²) in [5.74, 6) is 0.533. The predicted octanol–water partition coefficient (Wildman–Crippen LogP) is 3.51. The van der Waals surface area contributed by atoms with Crippen molar-refractivity contribution in [1.29, 1.82) is 0 Å². The maximum atomic E-state index is 12.4. The minimum atomic E-state index is -0.00753. The molecule has 0 saturated heterocycles. The summed E-state index contributed by atoms with van der Waals surface area (Å²) in [7, 11) is 0. The first-order valence-corrected chi connectivity index (χ1v) is 7.85. The van der Waals surface area contributed by atoms with Gasteiger partial charge in [0.1, 0.15) is 0 Å². The molecule has 0 atom stereocenters. The van der Waals surface area contributed by atoms with Crippen LogP contribution in [0.4, 0.5) is 0 Å². The Kier molecular flexibility index (Phi) is 3.77. The monoisotopic (exact) mass is 297 g/mol. The molecule has 0 aromatic carbocycles. The molecule has 2 N–H and O–H groups in total. The summed E-state index contributed by atoms with van der Waals surface area (Å²) in [6.07, 6.45) is 7.87. The molecule has 4 nitrogen and oxygen atoms in total. The molecule has 0 radical (unpaired) electrons. The third kappa shape index (κ3) is 3.06. The molecule has 22 heavy (non-hydrogen) atoms. The first-order chi connectivity index (χ1) is 10.5. The lowest BCUT2D eigenvalue weighted by molar-refractivity contribution is 0.0950. The molecular weight excluding hydrogens is 274 g/mol. The van der Waals surface area contributed by atoms with Crippen LogP contribution in [-0.4, -0.2) is 15.9 Å². The number of pyridine rings is 1. The van der Waals surface area contributed by atoms with Gasteiger partial charge in [0.25, 0.3) is 5.91 Å². The number of carbonyl (C=O) groups excluding carboxylic acids is 1. The normalized spacial score (nSPS) is 14.9. The molecule has 116 valence electrons. The highest BCUT2D eigenvalue weighted by molar-refractivity contribution is 5.95. The molecule has 1 aliphatic carbocycles. The minimum Gasteiger partial charge on any atom is -0.364 e. The van der Waals surface area contributed by atoms with Gasteiger partial charge in [-0.05, 0) is 47.4 Å². The van der Waals surface area contributed by atoms with Crippen LogP contribution in [0.15, 0.2) is 30.7 Å². The molecule has 0 bridgehead atoms. The molecule has 0 unspecified atom stereocenters. The van der Waals surface area contributed by atoms with Crippen LogP contribution in [0.3, 0.4) is 0 Å². The fourth-order valence-electron chi connectivity index (χ4n) is 2.86. The van der Waals surface area contributed by atoms with Gasteiger partial charge in [-0.3, -0.25) is 9.78 Å². The lowest BCUT2D eigenvalue weighted by Crippen LogP contribution is -2.25. The van der Waals surface area contributed by atoms with Crippen molar-refractivity contribution in [2.24, 2.45) is 0 Å². The minimum absolute atomic E-state index is 0.00753. The molecule has 1 fully saturated rings. The number of H-pyrrole nitrogens is 1. The van der Waals surface area contributed by atoms with Gasteiger partial charge in [0.05, 0.1) is 5.56 Å². The first kappa shape index (κ1) is 14.8. The second kappa shape index (κ2) is 5.59. The third-order valence-corrected chi connectivity index (χ3v) is 4.16. The smallest absolute Gasteiger partial charge is 0.253 e. The number of hydrogen-bond acceptors (Lipinski definition) is 2. The fourth-order valence-corrected chi connectivity index (χ4v) is 2.86. The average molecular weight is 297 g/mol. The molecule has 2 aromatic rings. The van der Waals surface area contributed by atoms with Crippen molar-refractivity contribution in [3.8, 4) is 0 Å². The summed E-state index contributed by atoms with van der Waals surface area (Å²) in [5.41, 5.74) is 4.20. The van der Waals surface area contributed by atoms with E-state index in [0.717, 1.165) is 16.8 Å². The lowest BCUT2D eigenvalue weighted by Gasteiger charge is -2.22. The number of nitrogens with zero attached hydrogens (tertiary/aromatic N) is 1. The average Bonchev–Trinajstić information content (AvgIpc) is 3.21. The largest absolute Gasteiger partial charge is 0.364 e. The second-order valence-electron chi connectivity index (χ2n) is 7.04. The van der Waals surface area contributed by atoms with Gasteiger partial charge in [-0.15, -0.1) is 0 Å². The maximum Gasteiger partial charge on any atom is 0.253 e. The van der Waals surface area contributed by atoms with Crippen molar-refractivity contribution in [3.05, 3.63) is 53.1 Å². The Balaban J connectivity index is 1.73. The van der Waals surface area contributed by atoms with Gasteiger partial charge in [-0.1, -0.05) is 20.8 Å². The van der Waals surface area contributed by atoms with Crippen LogP contribution < -0.4 is 5.32 Å². The van der Waals surface area contributed by atoms with Gasteiger partial charge < -0.3 is 10.3 Å². The highest BCUT2D eigenvalue weighted by Gasteiger charge is 2.29. The zero-order valence-corrected chi connectivity index (χ0v) is 13.4. The number of aromatic nitrogens is 2. The molecule has 1 aliphatic rings. The van der Waals surface area contributed by atoms with E-state index in [1.54, 1.807) is 0 Å². The Morgan fingerprint density at radius 1 is 1.36 bits per heavy atom. The van der Waals surface area contributed by atoms with Crippen molar-refractivity contribution in [2.45, 2.75) is 51.5 Å². The van der Waals surface area contributed by atoms with Crippen LogP contribution >= 0.6 is 0 Å². The zero-order valence-electron chi connectivity index (χ0n) is 13.4. The summed E-state index contributed by atoms with van der Waals surface area (Å²) in [4.78, 5) is 19.8. The van der Waals surface area contributed by atoms with Crippen molar-refractivity contribution >= 4 is 5.91 Å². The molecule has 4 heteroatoms. The molecule has 2 aromatic heterocycles. The van der Waals surface area contributed by atoms with Crippen LogP contribution in [0.25, 0.3) is 0 Å². The summed E-state index contributed by atoms with van der Waals surface area (Å²) in [6, 6.07) is 3.91. The maximum absolute atomic E-state index is 12.4. The predicted molar refractivity (Wildman–Crippen MR) is 86.9 cm³/mol. The molecule has 0 spiro atoms. The van der Waals surface area contributed by atoms with Crippen molar-refractivity contribution in [3.63, 3.8) is 0 Å². The molecule has 2 heterocycles. The van der Waals surface area contributed by atoms with Gasteiger partial charge in [-0.2, -0.15) is 0 Å². The van der Waals surface area contributed by atoms with Crippen molar-refractivity contribution in [1.82, 2.24) is 15.3 Å². The SMILES string of the molecule is CC(C)(C)c1ccncc1CNC(=O)c1cc[nH]c1C1CC1. The first-order valence-electron chi connectivity index (χ1n) is 7.85. The number of amides is 1. The molecule has 1 amide bonds. The Hall–Kier alpha value is -2.10. The van der Waals surface area contributed by atoms with Crippen molar-refractivity contribution in [2.75, 3.05) is 0 Å². The van der Waals surface area contributed by atoms with Crippen LogP contribution in [0.1, 0.15) is 66.7 Å². The van der Waals surface area contributed by atoms with Gasteiger partial charge in [0.15, 0.2) is 0 Å². The number of hydrogen-bond donors (Lipinski definition) is 2. The summed E-state index contributed by atoms with van der Waals surface area (Å²) in [6.45, 7) is 7.02. The van der Waals surface area contributed by atoms with Crippen LogP contribution in [-0.2, 0) is 12.0 Å². The third-order valence-electron chi connectivity index (χ3n) is 4.16. The van der Waals surface area contributed by atoms with Gasteiger partial charge in [-0.25, -0.2) is 0 Å². The Labute approximate surface area is 131 Å². The van der Waals surface area contributed by atoms with E-state index in [4.69, 9.17) is 0 Å². The fraction of sp³-hybridized carbons (Fsp3) is 0.444. The Morgan fingerprint density at radius 3 is 2.82 bits per heavy atom. The lowest BCUT2D eigenvalue weighted by atomic mass is 9.84. The highest BCUT2D eigenvalue weighted by atomic mass is 16.1. The molecule has 1 saturated carbocycles. The Bertz CT molecular complexity index is 678. The van der Waals surface area contributed by atoms with E-state index in [1.165, 1.54) is 18.4 Å². The quantitative estimate of drug-likeness (QED) is 0.907. The summed E-state index contributed by atoms with van der Waals surface area (Å²) >= 11 is 0. The zero-order chi connectivity index (χ0) is 15.7. The highest BCUT2D eigenvalue weighted by Crippen LogP contribution is 2.40. The molecular formula is C18H23N3O. The molecule has 0 aliphatic heterocycles. The molecule has 3 rings (SSSR count). The standard InChI is InChI=1S/C18H23N3O/c1-18(2,3)15-7-8-19-10-13(15)11-21-17(22)14-6-9-20-16(14)12-4-5-12/h6-10,12,20H,4-5,11H2,1-3H3,(H,21,22). The van der Waals surface area contributed by atoms with Crippen LogP contribution in [0, 0.1) is 0 Å². The van der Waals surface area contributed by atoms with Crippen LogP contribution in [0.2, 0.25) is 0 Å². The summed E-state index contributed by atoms with van der Waals surface area (Å²) in [5, 5.41) is 3.04. The number of rotatable bonds is 4. The van der Waals surface area contributed by atoms with Gasteiger partial charge in [0.2, 0.25) is 0 Å². The van der Waals surface area contributed by atoms with Gasteiger partial charge >= 0.3 is 0 Å². The summed E-state index contributed by atoms with van der Waals surface area (Å²) < 4.78 is 0. The Morgan fingerprint density at radius 2 is 2.14 bits per heavy atom. The number of aromatic amines is 1. The van der Waals surface area contributed by atoms with Crippen molar-refractivity contribution < 1.29 is 4.79 Å². The van der Waals surface area contributed by atoms with E-state index >= 15 is 0 Å². The number of nitrogens with one attached hydrogen (secondary N) is 2.